The van der Waals surface area contributed by atoms with Crippen molar-refractivity contribution in [3.05, 3.63) is 64.7 Å². The Morgan fingerprint density at radius 1 is 1.10 bits per heavy atom. The summed E-state index contributed by atoms with van der Waals surface area (Å²) < 4.78 is 7.12. The largest absolute Gasteiger partial charge is 0.494 e. The van der Waals surface area contributed by atoms with Gasteiger partial charge in [0.2, 0.25) is 5.91 Å². The van der Waals surface area contributed by atoms with Crippen molar-refractivity contribution < 1.29 is 9.53 Å². The van der Waals surface area contributed by atoms with Crippen LogP contribution in [0.4, 0.5) is 0 Å². The quantitative estimate of drug-likeness (QED) is 0.584. The van der Waals surface area contributed by atoms with Crippen LogP contribution >= 0.6 is 0 Å². The number of hydrogen-bond acceptors (Lipinski definition) is 4. The maximum Gasteiger partial charge on any atom is 0.266 e. The number of benzene rings is 2. The fraction of sp³-hybridized carbons (Fsp3) is 0.375. The summed E-state index contributed by atoms with van der Waals surface area (Å²) in [6, 6.07) is 14.3. The van der Waals surface area contributed by atoms with Crippen molar-refractivity contribution in [3.8, 4) is 11.4 Å². The first-order chi connectivity index (χ1) is 14.3. The monoisotopic (exact) mass is 407 g/mol. The zero-order valence-electron chi connectivity index (χ0n) is 18.3. The van der Waals surface area contributed by atoms with Crippen LogP contribution in [-0.2, 0) is 4.79 Å². The number of para-hydroxylation sites is 1. The number of aromatic nitrogens is 2. The smallest absolute Gasteiger partial charge is 0.266 e. The minimum absolute atomic E-state index is 0.0261. The van der Waals surface area contributed by atoms with Crippen LogP contribution in [0.5, 0.6) is 5.75 Å². The summed E-state index contributed by atoms with van der Waals surface area (Å²) in [4.78, 5) is 32.6. The number of carbonyl (C=O) groups is 1. The van der Waals surface area contributed by atoms with E-state index in [1.165, 1.54) is 0 Å². The number of amides is 1. The SMILES string of the molecule is CCOc1ccc(-n2c(C(C)N(C)C(=O)CC(C)C)nc3ccccc3c2=O)cc1. The molecule has 1 heterocycles. The van der Waals surface area contributed by atoms with Crippen molar-refractivity contribution in [2.24, 2.45) is 5.92 Å². The lowest BCUT2D eigenvalue weighted by atomic mass is 10.1. The van der Waals surface area contributed by atoms with Gasteiger partial charge in [-0.25, -0.2) is 4.98 Å². The molecule has 6 heteroatoms. The summed E-state index contributed by atoms with van der Waals surface area (Å²) >= 11 is 0. The molecule has 0 spiro atoms. The van der Waals surface area contributed by atoms with Crippen LogP contribution in [-0.4, -0.2) is 34.0 Å². The molecule has 0 aliphatic rings. The Morgan fingerprint density at radius 2 is 1.77 bits per heavy atom. The van der Waals surface area contributed by atoms with E-state index in [4.69, 9.17) is 9.72 Å². The highest BCUT2D eigenvalue weighted by Gasteiger charge is 2.24. The third-order valence-electron chi connectivity index (χ3n) is 5.14. The first-order valence-corrected chi connectivity index (χ1v) is 10.3. The second-order valence-electron chi connectivity index (χ2n) is 7.83. The van der Waals surface area contributed by atoms with Gasteiger partial charge in [-0.2, -0.15) is 0 Å². The van der Waals surface area contributed by atoms with Crippen molar-refractivity contribution in [3.63, 3.8) is 0 Å². The highest BCUT2D eigenvalue weighted by Crippen LogP contribution is 2.24. The molecule has 0 aliphatic carbocycles. The summed E-state index contributed by atoms with van der Waals surface area (Å²) in [6.45, 7) is 8.43. The number of nitrogens with zero attached hydrogens (tertiary/aromatic N) is 3. The highest BCUT2D eigenvalue weighted by atomic mass is 16.5. The Bertz CT molecular complexity index is 1090. The molecule has 2 aromatic carbocycles. The first-order valence-electron chi connectivity index (χ1n) is 10.3. The zero-order valence-corrected chi connectivity index (χ0v) is 18.3. The van der Waals surface area contributed by atoms with E-state index in [2.05, 4.69) is 0 Å². The Morgan fingerprint density at radius 3 is 2.40 bits per heavy atom. The van der Waals surface area contributed by atoms with E-state index in [1.54, 1.807) is 22.6 Å². The fourth-order valence-electron chi connectivity index (χ4n) is 3.42. The standard InChI is InChI=1S/C24H29N3O3/c1-6-30-19-13-11-18(12-14-19)27-23(17(4)26(5)22(28)15-16(2)3)25-21-10-8-7-9-20(21)24(27)29/h7-14,16-17H,6,15H2,1-5H3. The molecular formula is C24H29N3O3. The van der Waals surface area contributed by atoms with Crippen LogP contribution in [0.15, 0.2) is 53.3 Å². The molecule has 158 valence electrons. The van der Waals surface area contributed by atoms with E-state index in [0.29, 0.717) is 35.4 Å². The minimum atomic E-state index is -0.375. The van der Waals surface area contributed by atoms with Gasteiger partial charge >= 0.3 is 0 Å². The van der Waals surface area contributed by atoms with E-state index in [1.807, 2.05) is 70.2 Å². The predicted molar refractivity (Wildman–Crippen MR) is 119 cm³/mol. The molecule has 1 unspecified atom stereocenters. The summed E-state index contributed by atoms with van der Waals surface area (Å²) in [5, 5.41) is 0.540. The molecule has 3 aromatic rings. The Balaban J connectivity index is 2.15. The third-order valence-corrected chi connectivity index (χ3v) is 5.14. The van der Waals surface area contributed by atoms with Crippen LogP contribution in [0.3, 0.4) is 0 Å². The van der Waals surface area contributed by atoms with E-state index < -0.39 is 0 Å². The van der Waals surface area contributed by atoms with Crippen molar-refractivity contribution in [2.45, 2.75) is 40.2 Å². The maximum absolute atomic E-state index is 13.4. The fourth-order valence-corrected chi connectivity index (χ4v) is 3.42. The minimum Gasteiger partial charge on any atom is -0.494 e. The van der Waals surface area contributed by atoms with E-state index in [9.17, 15) is 9.59 Å². The number of ether oxygens (including phenoxy) is 1. The number of fused-ring (bicyclic) bond motifs is 1. The lowest BCUT2D eigenvalue weighted by Gasteiger charge is -2.27. The second kappa shape index (κ2) is 9.11. The summed E-state index contributed by atoms with van der Waals surface area (Å²) in [7, 11) is 1.76. The van der Waals surface area contributed by atoms with Gasteiger partial charge in [-0.15, -0.1) is 0 Å². The molecule has 0 saturated carbocycles. The summed E-state index contributed by atoms with van der Waals surface area (Å²) in [5.74, 6) is 1.55. The van der Waals surface area contributed by atoms with Gasteiger partial charge in [-0.1, -0.05) is 26.0 Å². The van der Waals surface area contributed by atoms with Crippen molar-refractivity contribution in [1.82, 2.24) is 14.5 Å². The predicted octanol–water partition coefficient (Wildman–Crippen LogP) is 4.35. The molecule has 30 heavy (non-hydrogen) atoms. The van der Waals surface area contributed by atoms with Gasteiger partial charge < -0.3 is 9.64 Å². The van der Waals surface area contributed by atoms with Crippen molar-refractivity contribution >= 4 is 16.8 Å². The van der Waals surface area contributed by atoms with Crippen LogP contribution in [0.1, 0.15) is 46.0 Å². The van der Waals surface area contributed by atoms with Gasteiger partial charge in [0.1, 0.15) is 11.6 Å². The zero-order chi connectivity index (χ0) is 21.8. The molecule has 1 aromatic heterocycles. The van der Waals surface area contributed by atoms with Crippen LogP contribution < -0.4 is 10.3 Å². The topological polar surface area (TPSA) is 64.4 Å². The molecular weight excluding hydrogens is 378 g/mol. The lowest BCUT2D eigenvalue weighted by Crippen LogP contribution is -2.35. The molecule has 0 saturated heterocycles. The average Bonchev–Trinajstić information content (AvgIpc) is 2.73. The highest BCUT2D eigenvalue weighted by molar-refractivity contribution is 5.79. The van der Waals surface area contributed by atoms with Gasteiger partial charge in [-0.3, -0.25) is 14.2 Å². The van der Waals surface area contributed by atoms with E-state index in [0.717, 1.165) is 5.75 Å². The molecule has 1 atom stereocenters. The molecule has 0 radical (unpaired) electrons. The number of carbonyl (C=O) groups excluding carboxylic acids is 1. The van der Waals surface area contributed by atoms with E-state index >= 15 is 0 Å². The average molecular weight is 408 g/mol. The normalized spacial score (nSPS) is 12.2. The van der Waals surface area contributed by atoms with Crippen molar-refractivity contribution in [1.29, 1.82) is 0 Å². The van der Waals surface area contributed by atoms with Crippen LogP contribution in [0, 0.1) is 5.92 Å². The Labute approximate surface area is 177 Å². The molecule has 3 rings (SSSR count). The first kappa shape index (κ1) is 21.6. The van der Waals surface area contributed by atoms with E-state index in [-0.39, 0.29) is 23.4 Å². The summed E-state index contributed by atoms with van der Waals surface area (Å²) in [6.07, 6.45) is 0.446. The Kier molecular flexibility index (Phi) is 6.55. The third kappa shape index (κ3) is 4.37. The van der Waals surface area contributed by atoms with Gasteiger partial charge in [0.25, 0.3) is 5.56 Å². The second-order valence-corrected chi connectivity index (χ2v) is 7.83. The van der Waals surface area contributed by atoms with Gasteiger partial charge in [0.15, 0.2) is 0 Å². The maximum atomic E-state index is 13.4. The molecule has 0 aliphatic heterocycles. The van der Waals surface area contributed by atoms with Gasteiger partial charge in [0.05, 0.1) is 29.2 Å². The number of hydrogen-bond donors (Lipinski definition) is 0. The number of rotatable bonds is 7. The molecule has 0 N–H and O–H groups in total. The lowest BCUT2D eigenvalue weighted by molar-refractivity contribution is -0.132. The molecule has 0 fully saturated rings. The van der Waals surface area contributed by atoms with Crippen LogP contribution in [0.2, 0.25) is 0 Å². The Hall–Kier alpha value is -3.15. The molecule has 1 amide bonds. The van der Waals surface area contributed by atoms with Crippen LogP contribution in [0.25, 0.3) is 16.6 Å². The van der Waals surface area contributed by atoms with Gasteiger partial charge in [-0.05, 0) is 56.2 Å². The van der Waals surface area contributed by atoms with Crippen molar-refractivity contribution in [2.75, 3.05) is 13.7 Å². The summed E-state index contributed by atoms with van der Waals surface area (Å²) in [5.41, 5.74) is 1.15. The van der Waals surface area contributed by atoms with Gasteiger partial charge in [0, 0.05) is 13.5 Å². The molecule has 6 nitrogen and oxygen atoms in total. The molecule has 0 bridgehead atoms.